The molecule has 1 atom stereocenters. The summed E-state index contributed by atoms with van der Waals surface area (Å²) >= 11 is 0. The topological polar surface area (TPSA) is 131 Å². The van der Waals surface area contributed by atoms with Gasteiger partial charge in [0.15, 0.2) is 11.5 Å². The van der Waals surface area contributed by atoms with Gasteiger partial charge in [0.2, 0.25) is 6.79 Å². The molecule has 9 nitrogen and oxygen atoms in total. The predicted octanol–water partition coefficient (Wildman–Crippen LogP) is 2.62. The maximum Gasteiger partial charge on any atom is 0.325 e. The summed E-state index contributed by atoms with van der Waals surface area (Å²) in [5, 5.41) is 34.6. The van der Waals surface area contributed by atoms with Crippen LogP contribution in [-0.2, 0) is 4.79 Å². The van der Waals surface area contributed by atoms with E-state index in [-0.39, 0.29) is 28.7 Å². The Morgan fingerprint density at radius 2 is 1.96 bits per heavy atom. The molecule has 1 heterocycles. The van der Waals surface area contributed by atoms with Crippen LogP contribution in [0.1, 0.15) is 17.3 Å². The molecule has 9 heteroatoms. The van der Waals surface area contributed by atoms with Crippen molar-refractivity contribution in [3.8, 4) is 11.5 Å². The number of carbonyl (C=O) groups is 2. The lowest BCUT2D eigenvalue weighted by molar-refractivity contribution is -0.138. The van der Waals surface area contributed by atoms with Crippen LogP contribution >= 0.6 is 0 Å². The van der Waals surface area contributed by atoms with Crippen LogP contribution in [0.4, 0.5) is 5.69 Å². The van der Waals surface area contributed by atoms with Gasteiger partial charge in [-0.05, 0) is 29.8 Å². The standard InChI is InChI=1S/C19H15N2O7/c1-9(19(23)24)20-18(22)12-7-14-17(28-8-27-14)16-11-5-3-2-4-10(11)6-13(15(12)16)21(25)26/h2-7,9,25H,8H2,1H3,(H,20,22)(H,23,24)/q-1/t9-/m1/s1. The largest absolute Gasteiger partial charge is 0.733 e. The first-order valence-electron chi connectivity index (χ1n) is 8.36. The Bertz CT molecular complexity index is 1130. The minimum atomic E-state index is -1.21. The summed E-state index contributed by atoms with van der Waals surface area (Å²) in [5.41, 5.74) is -0.178. The average Bonchev–Trinajstić information content (AvgIpc) is 3.14. The van der Waals surface area contributed by atoms with Gasteiger partial charge >= 0.3 is 5.97 Å². The molecule has 0 saturated heterocycles. The normalized spacial score (nSPS) is 13.5. The molecular weight excluding hydrogens is 368 g/mol. The van der Waals surface area contributed by atoms with Crippen LogP contribution in [0.3, 0.4) is 0 Å². The van der Waals surface area contributed by atoms with E-state index in [0.29, 0.717) is 27.7 Å². The first-order valence-corrected chi connectivity index (χ1v) is 8.36. The van der Waals surface area contributed by atoms with Crippen LogP contribution in [-0.4, -0.2) is 35.0 Å². The van der Waals surface area contributed by atoms with Crippen molar-refractivity contribution in [3.05, 3.63) is 47.2 Å². The molecule has 3 N–H and O–H groups in total. The molecule has 0 aromatic heterocycles. The Balaban J connectivity index is 2.08. The second-order valence-corrected chi connectivity index (χ2v) is 6.33. The highest BCUT2D eigenvalue weighted by molar-refractivity contribution is 6.23. The quantitative estimate of drug-likeness (QED) is 0.463. The highest BCUT2D eigenvalue weighted by Crippen LogP contribution is 2.47. The number of amides is 1. The molecule has 0 radical (unpaired) electrons. The lowest BCUT2D eigenvalue weighted by Gasteiger charge is -2.26. The lowest BCUT2D eigenvalue weighted by atomic mass is 9.94. The van der Waals surface area contributed by atoms with E-state index in [2.05, 4.69) is 5.32 Å². The Hall–Kier alpha value is -3.56. The molecule has 0 fully saturated rings. The number of ether oxygens (including phenoxy) is 2. The zero-order valence-electron chi connectivity index (χ0n) is 14.6. The molecule has 144 valence electrons. The zero-order valence-corrected chi connectivity index (χ0v) is 14.6. The summed E-state index contributed by atoms with van der Waals surface area (Å²) in [5.74, 6) is -1.30. The molecule has 28 heavy (non-hydrogen) atoms. The van der Waals surface area contributed by atoms with E-state index >= 15 is 0 Å². The molecule has 4 rings (SSSR count). The highest BCUT2D eigenvalue weighted by atomic mass is 16.8. The molecule has 3 aromatic carbocycles. The van der Waals surface area contributed by atoms with Crippen molar-refractivity contribution in [3.63, 3.8) is 0 Å². The van der Waals surface area contributed by atoms with Gasteiger partial charge in [-0.15, -0.1) is 0 Å². The van der Waals surface area contributed by atoms with E-state index in [0.717, 1.165) is 0 Å². The SMILES string of the molecule is C[C@@H](NC(=O)c1cc2c(c3c1c(N([O-])O)cc1ccccc13)OCO2)C(=O)O. The second kappa shape index (κ2) is 6.55. The van der Waals surface area contributed by atoms with Crippen molar-refractivity contribution in [2.24, 2.45) is 0 Å². The number of nitrogens with one attached hydrogen (secondary N) is 1. The number of anilines is 1. The van der Waals surface area contributed by atoms with E-state index in [1.165, 1.54) is 19.1 Å². The molecule has 0 saturated carbocycles. The van der Waals surface area contributed by atoms with Crippen molar-refractivity contribution < 1.29 is 29.4 Å². The number of carbonyl (C=O) groups excluding carboxylic acids is 1. The van der Waals surface area contributed by atoms with Crippen LogP contribution in [0.25, 0.3) is 21.5 Å². The molecule has 3 aromatic rings. The maximum atomic E-state index is 12.8. The highest BCUT2D eigenvalue weighted by Gasteiger charge is 2.27. The van der Waals surface area contributed by atoms with Gasteiger partial charge in [-0.2, -0.15) is 0 Å². The third-order valence-corrected chi connectivity index (χ3v) is 4.61. The van der Waals surface area contributed by atoms with Gasteiger partial charge in [-0.25, -0.2) is 0 Å². The zero-order chi connectivity index (χ0) is 20.0. The molecule has 1 amide bonds. The molecule has 0 bridgehead atoms. The molecule has 0 unspecified atom stereocenters. The maximum absolute atomic E-state index is 12.8. The van der Waals surface area contributed by atoms with Crippen molar-refractivity contribution >= 4 is 39.1 Å². The summed E-state index contributed by atoms with van der Waals surface area (Å²) in [6.45, 7) is 1.25. The summed E-state index contributed by atoms with van der Waals surface area (Å²) in [4.78, 5) is 23.9. The van der Waals surface area contributed by atoms with E-state index in [4.69, 9.17) is 14.6 Å². The van der Waals surface area contributed by atoms with E-state index in [1.54, 1.807) is 24.3 Å². The number of hydrogen-bond donors (Lipinski definition) is 3. The van der Waals surface area contributed by atoms with Crippen molar-refractivity contribution in [1.29, 1.82) is 0 Å². The van der Waals surface area contributed by atoms with Crippen LogP contribution in [0.15, 0.2) is 36.4 Å². The number of rotatable bonds is 4. The number of aliphatic carboxylic acids is 1. The van der Waals surface area contributed by atoms with Crippen molar-refractivity contribution in [1.82, 2.24) is 5.32 Å². The Morgan fingerprint density at radius 3 is 2.68 bits per heavy atom. The first kappa shape index (κ1) is 17.8. The fourth-order valence-corrected chi connectivity index (χ4v) is 3.30. The minimum Gasteiger partial charge on any atom is -0.733 e. The second-order valence-electron chi connectivity index (χ2n) is 6.33. The Kier molecular flexibility index (Phi) is 4.17. The lowest BCUT2D eigenvalue weighted by Crippen LogP contribution is -2.38. The molecule has 1 aliphatic heterocycles. The third-order valence-electron chi connectivity index (χ3n) is 4.61. The minimum absolute atomic E-state index is 0.0111. The van der Waals surface area contributed by atoms with Gasteiger partial charge in [0.25, 0.3) is 5.91 Å². The average molecular weight is 383 g/mol. The van der Waals surface area contributed by atoms with Crippen LogP contribution in [0, 0.1) is 5.21 Å². The number of carboxylic acids is 1. The molecule has 0 spiro atoms. The molecular formula is C19H15N2O7-. The van der Waals surface area contributed by atoms with E-state index in [1.807, 2.05) is 0 Å². The fourth-order valence-electron chi connectivity index (χ4n) is 3.30. The number of fused-ring (bicyclic) bond motifs is 5. The number of carboxylic acid groups (broad SMARTS) is 1. The van der Waals surface area contributed by atoms with Crippen LogP contribution < -0.4 is 20.0 Å². The van der Waals surface area contributed by atoms with Gasteiger partial charge in [-0.3, -0.25) is 14.8 Å². The van der Waals surface area contributed by atoms with Crippen LogP contribution in [0.2, 0.25) is 0 Å². The van der Waals surface area contributed by atoms with Gasteiger partial charge in [0.05, 0.1) is 11.3 Å². The number of hydrogen-bond acceptors (Lipinski definition) is 7. The summed E-state index contributed by atoms with van der Waals surface area (Å²) < 4.78 is 11.0. The van der Waals surface area contributed by atoms with Gasteiger partial charge < -0.3 is 30.3 Å². The van der Waals surface area contributed by atoms with E-state index < -0.39 is 17.9 Å². The first-order chi connectivity index (χ1) is 13.4. The van der Waals surface area contributed by atoms with Crippen LogP contribution in [0.5, 0.6) is 11.5 Å². The van der Waals surface area contributed by atoms with Crippen molar-refractivity contribution in [2.45, 2.75) is 13.0 Å². The predicted molar refractivity (Wildman–Crippen MR) is 99.8 cm³/mol. The monoisotopic (exact) mass is 383 g/mol. The molecule has 0 aliphatic carbocycles. The summed E-state index contributed by atoms with van der Waals surface area (Å²) in [6, 6.07) is 8.76. The number of benzene rings is 3. The number of nitrogens with zero attached hydrogens (tertiary/aromatic N) is 1. The Morgan fingerprint density at radius 1 is 1.21 bits per heavy atom. The summed E-state index contributed by atoms with van der Waals surface area (Å²) in [7, 11) is 0. The van der Waals surface area contributed by atoms with Crippen molar-refractivity contribution in [2.75, 3.05) is 12.0 Å². The van der Waals surface area contributed by atoms with Gasteiger partial charge in [-0.1, -0.05) is 24.3 Å². The van der Waals surface area contributed by atoms with Gasteiger partial charge in [0.1, 0.15) is 6.04 Å². The third kappa shape index (κ3) is 2.73. The Labute approximate surface area is 158 Å². The van der Waals surface area contributed by atoms with E-state index in [9.17, 15) is 20.0 Å². The fraction of sp³-hybridized carbons (Fsp3) is 0.158. The molecule has 1 aliphatic rings. The van der Waals surface area contributed by atoms with Gasteiger partial charge in [0, 0.05) is 10.8 Å². The smallest absolute Gasteiger partial charge is 0.325 e. The summed E-state index contributed by atoms with van der Waals surface area (Å²) in [6.07, 6.45) is 0.